The summed E-state index contributed by atoms with van der Waals surface area (Å²) in [4.78, 5) is 4.37. The molecule has 3 N–H and O–H groups in total. The van der Waals surface area contributed by atoms with Gasteiger partial charge in [-0.15, -0.1) is 0 Å². The van der Waals surface area contributed by atoms with Crippen LogP contribution in [0.5, 0.6) is 0 Å². The van der Waals surface area contributed by atoms with E-state index < -0.39 is 0 Å². The average molecular weight is 247 g/mol. The predicted molar refractivity (Wildman–Crippen MR) is 73.9 cm³/mol. The fourth-order valence-electron chi connectivity index (χ4n) is 1.84. The molecule has 0 saturated carbocycles. The van der Waals surface area contributed by atoms with E-state index in [1.54, 1.807) is 6.20 Å². The molecule has 0 radical (unpaired) electrons. The molecule has 0 atom stereocenters. The minimum atomic E-state index is 0.426. The maximum Gasteiger partial charge on any atom is 0.152 e. The van der Waals surface area contributed by atoms with Gasteiger partial charge in [0.1, 0.15) is 5.52 Å². The summed E-state index contributed by atoms with van der Waals surface area (Å²) in [6, 6.07) is 2.10. The molecule has 0 amide bonds. The molecular formula is C13H21N5. The third kappa shape index (κ3) is 2.79. The first kappa shape index (κ1) is 12.8. The van der Waals surface area contributed by atoms with Crippen molar-refractivity contribution in [3.63, 3.8) is 0 Å². The largest absolute Gasteiger partial charge is 0.368 e. The van der Waals surface area contributed by atoms with Crippen molar-refractivity contribution in [2.45, 2.75) is 32.6 Å². The molecule has 0 aliphatic heterocycles. The lowest BCUT2D eigenvalue weighted by Gasteiger charge is -2.05. The molecule has 98 valence electrons. The lowest BCUT2D eigenvalue weighted by atomic mass is 10.1. The van der Waals surface area contributed by atoms with Crippen LogP contribution in [0.4, 0.5) is 5.82 Å². The van der Waals surface area contributed by atoms with E-state index in [4.69, 9.17) is 5.73 Å². The summed E-state index contributed by atoms with van der Waals surface area (Å²) in [7, 11) is 0. The van der Waals surface area contributed by atoms with Crippen molar-refractivity contribution in [2.75, 3.05) is 18.4 Å². The van der Waals surface area contributed by atoms with E-state index in [1.807, 2.05) is 10.7 Å². The molecule has 0 aliphatic rings. The van der Waals surface area contributed by atoms with E-state index in [0.29, 0.717) is 5.92 Å². The monoisotopic (exact) mass is 247 g/mol. The summed E-state index contributed by atoms with van der Waals surface area (Å²) in [5.41, 5.74) is 7.60. The van der Waals surface area contributed by atoms with Crippen LogP contribution in [0.25, 0.3) is 5.52 Å². The Balaban J connectivity index is 2.16. The van der Waals surface area contributed by atoms with Gasteiger partial charge in [0.25, 0.3) is 0 Å². The van der Waals surface area contributed by atoms with Crippen LogP contribution < -0.4 is 11.1 Å². The Labute approximate surface area is 107 Å². The molecule has 2 aromatic heterocycles. The average Bonchev–Trinajstić information content (AvgIpc) is 2.79. The van der Waals surface area contributed by atoms with Crippen LogP contribution in [0.15, 0.2) is 18.5 Å². The van der Waals surface area contributed by atoms with Crippen LogP contribution in [0.2, 0.25) is 0 Å². The standard InChI is InChI=1S/C13H21N5/c1-10(2)11-9-12-13(15-6-4-3-5-14)16-7-8-18(12)17-11/h7-10H,3-6,14H2,1-2H3,(H,15,16). The topological polar surface area (TPSA) is 68.2 Å². The van der Waals surface area contributed by atoms with Crippen LogP contribution in [-0.4, -0.2) is 27.7 Å². The summed E-state index contributed by atoms with van der Waals surface area (Å²) in [5, 5.41) is 7.88. The van der Waals surface area contributed by atoms with Crippen LogP contribution >= 0.6 is 0 Å². The highest BCUT2D eigenvalue weighted by Gasteiger charge is 2.09. The number of nitrogens with zero attached hydrogens (tertiary/aromatic N) is 3. The molecule has 0 bridgehead atoms. The highest BCUT2D eigenvalue weighted by molar-refractivity contribution is 5.67. The van der Waals surface area contributed by atoms with Crippen LogP contribution in [-0.2, 0) is 0 Å². The molecule has 18 heavy (non-hydrogen) atoms. The second-order valence-electron chi connectivity index (χ2n) is 4.75. The molecule has 0 saturated heterocycles. The SMILES string of the molecule is CC(C)c1cc2c(NCCCCN)nccn2n1. The van der Waals surface area contributed by atoms with E-state index in [1.165, 1.54) is 0 Å². The summed E-state index contributed by atoms with van der Waals surface area (Å²) in [6.45, 7) is 5.92. The lowest BCUT2D eigenvalue weighted by Crippen LogP contribution is -2.07. The van der Waals surface area contributed by atoms with Gasteiger partial charge in [-0.3, -0.25) is 0 Å². The third-order valence-electron chi connectivity index (χ3n) is 2.92. The Bertz CT molecular complexity index is 503. The van der Waals surface area contributed by atoms with Crippen molar-refractivity contribution < 1.29 is 0 Å². The minimum Gasteiger partial charge on any atom is -0.368 e. The number of hydrogen-bond acceptors (Lipinski definition) is 4. The molecule has 0 unspecified atom stereocenters. The molecule has 2 aromatic rings. The zero-order valence-corrected chi connectivity index (χ0v) is 11.1. The molecule has 5 nitrogen and oxygen atoms in total. The zero-order valence-electron chi connectivity index (χ0n) is 11.1. The highest BCUT2D eigenvalue weighted by Crippen LogP contribution is 2.19. The second-order valence-corrected chi connectivity index (χ2v) is 4.75. The van der Waals surface area contributed by atoms with Crippen LogP contribution in [0.1, 0.15) is 38.3 Å². The Morgan fingerprint density at radius 1 is 1.39 bits per heavy atom. The van der Waals surface area contributed by atoms with Crippen molar-refractivity contribution in [3.05, 3.63) is 24.2 Å². The fraction of sp³-hybridized carbons (Fsp3) is 0.538. The summed E-state index contributed by atoms with van der Waals surface area (Å²) >= 11 is 0. The Hall–Kier alpha value is -1.62. The fourth-order valence-corrected chi connectivity index (χ4v) is 1.84. The van der Waals surface area contributed by atoms with Crippen molar-refractivity contribution in [1.29, 1.82) is 0 Å². The van der Waals surface area contributed by atoms with E-state index >= 15 is 0 Å². The molecule has 2 rings (SSSR count). The number of anilines is 1. The minimum absolute atomic E-state index is 0.426. The van der Waals surface area contributed by atoms with E-state index in [0.717, 1.165) is 43.0 Å². The van der Waals surface area contributed by atoms with Crippen molar-refractivity contribution in [2.24, 2.45) is 5.73 Å². The van der Waals surface area contributed by atoms with Gasteiger partial charge in [-0.25, -0.2) is 9.50 Å². The number of nitrogens with two attached hydrogens (primary N) is 1. The smallest absolute Gasteiger partial charge is 0.152 e. The Morgan fingerprint density at radius 3 is 2.94 bits per heavy atom. The molecule has 0 spiro atoms. The quantitative estimate of drug-likeness (QED) is 0.766. The number of aromatic nitrogens is 3. The maximum absolute atomic E-state index is 5.48. The van der Waals surface area contributed by atoms with Crippen molar-refractivity contribution in [3.8, 4) is 0 Å². The van der Waals surface area contributed by atoms with Gasteiger partial charge in [0, 0.05) is 18.9 Å². The molecule has 0 fully saturated rings. The Morgan fingerprint density at radius 2 is 2.22 bits per heavy atom. The second kappa shape index (κ2) is 5.82. The highest BCUT2D eigenvalue weighted by atomic mass is 15.2. The number of nitrogens with one attached hydrogen (secondary N) is 1. The van der Waals surface area contributed by atoms with E-state index in [-0.39, 0.29) is 0 Å². The molecular weight excluding hydrogens is 226 g/mol. The predicted octanol–water partition coefficient (Wildman–Crippen LogP) is 2.00. The zero-order chi connectivity index (χ0) is 13.0. The van der Waals surface area contributed by atoms with E-state index in [9.17, 15) is 0 Å². The summed E-state index contributed by atoms with van der Waals surface area (Å²) in [6.07, 6.45) is 5.75. The third-order valence-corrected chi connectivity index (χ3v) is 2.92. The molecule has 0 aromatic carbocycles. The van der Waals surface area contributed by atoms with Gasteiger partial charge in [0.2, 0.25) is 0 Å². The van der Waals surface area contributed by atoms with E-state index in [2.05, 4.69) is 35.3 Å². The summed E-state index contributed by atoms with van der Waals surface area (Å²) < 4.78 is 1.88. The van der Waals surface area contributed by atoms with Gasteiger partial charge in [-0.05, 0) is 31.4 Å². The van der Waals surface area contributed by atoms with Gasteiger partial charge >= 0.3 is 0 Å². The number of unbranched alkanes of at least 4 members (excludes halogenated alkanes) is 1. The number of fused-ring (bicyclic) bond motifs is 1. The van der Waals surface area contributed by atoms with Crippen molar-refractivity contribution in [1.82, 2.24) is 14.6 Å². The van der Waals surface area contributed by atoms with Gasteiger partial charge < -0.3 is 11.1 Å². The van der Waals surface area contributed by atoms with Gasteiger partial charge in [-0.1, -0.05) is 13.8 Å². The van der Waals surface area contributed by atoms with Gasteiger partial charge in [-0.2, -0.15) is 5.10 Å². The number of rotatable bonds is 6. The first-order valence-corrected chi connectivity index (χ1v) is 6.50. The lowest BCUT2D eigenvalue weighted by molar-refractivity contribution is 0.770. The first-order chi connectivity index (χ1) is 8.72. The first-order valence-electron chi connectivity index (χ1n) is 6.50. The normalized spacial score (nSPS) is 11.3. The molecule has 5 heteroatoms. The van der Waals surface area contributed by atoms with Crippen LogP contribution in [0, 0.1) is 0 Å². The molecule has 2 heterocycles. The van der Waals surface area contributed by atoms with Gasteiger partial charge in [0.05, 0.1) is 5.69 Å². The van der Waals surface area contributed by atoms with Gasteiger partial charge in [0.15, 0.2) is 5.82 Å². The van der Waals surface area contributed by atoms with Crippen LogP contribution in [0.3, 0.4) is 0 Å². The number of hydrogen-bond donors (Lipinski definition) is 2. The maximum atomic E-state index is 5.48. The Kier molecular flexibility index (Phi) is 4.15. The molecule has 0 aliphatic carbocycles. The summed E-state index contributed by atoms with van der Waals surface area (Å²) in [5.74, 6) is 1.32. The van der Waals surface area contributed by atoms with Crippen molar-refractivity contribution >= 4 is 11.3 Å².